The van der Waals surface area contributed by atoms with Crippen molar-refractivity contribution in [2.24, 2.45) is 0 Å². The van der Waals surface area contributed by atoms with Crippen LogP contribution in [0.25, 0.3) is 12.2 Å². The van der Waals surface area contributed by atoms with E-state index in [0.29, 0.717) is 11.3 Å². The molecule has 120 valence electrons. The van der Waals surface area contributed by atoms with Gasteiger partial charge in [-0.05, 0) is 60.1 Å². The molecule has 0 amide bonds. The second-order valence-corrected chi connectivity index (χ2v) is 7.23. The zero-order valence-electron chi connectivity index (χ0n) is 12.7. The van der Waals surface area contributed by atoms with Crippen LogP contribution >= 0.6 is 0 Å². The third-order valence-corrected chi connectivity index (χ3v) is 5.05. The first kappa shape index (κ1) is 15.8. The topological polar surface area (TPSA) is 80.4 Å². The van der Waals surface area contributed by atoms with E-state index in [2.05, 4.69) is 12.1 Å². The van der Waals surface area contributed by atoms with Crippen molar-refractivity contribution in [2.45, 2.75) is 30.6 Å². The third kappa shape index (κ3) is 3.63. The highest BCUT2D eigenvalue weighted by Crippen LogP contribution is 2.24. The second kappa shape index (κ2) is 6.18. The van der Waals surface area contributed by atoms with E-state index in [0.717, 1.165) is 18.4 Å². The molecule has 2 aromatic carbocycles. The van der Waals surface area contributed by atoms with Gasteiger partial charge in [0, 0.05) is 5.69 Å². The van der Waals surface area contributed by atoms with Crippen molar-refractivity contribution >= 4 is 28.0 Å². The maximum atomic E-state index is 11.5. The lowest BCUT2D eigenvalue weighted by Crippen LogP contribution is -2.02. The molecule has 23 heavy (non-hydrogen) atoms. The van der Waals surface area contributed by atoms with Gasteiger partial charge in [-0.1, -0.05) is 36.4 Å². The number of hydrogen-bond acceptors (Lipinski definition) is 3. The molecule has 2 aromatic rings. The number of rotatable bonds is 3. The molecule has 0 bridgehead atoms. The first-order valence-electron chi connectivity index (χ1n) is 7.60. The first-order valence-corrected chi connectivity index (χ1v) is 9.04. The Labute approximate surface area is 136 Å². The average molecular weight is 329 g/mol. The molecule has 3 N–H and O–H groups in total. The van der Waals surface area contributed by atoms with Gasteiger partial charge in [-0.2, -0.15) is 8.42 Å². The maximum Gasteiger partial charge on any atom is 0.295 e. The molecule has 0 saturated heterocycles. The Morgan fingerprint density at radius 2 is 1.70 bits per heavy atom. The van der Waals surface area contributed by atoms with Crippen LogP contribution in [-0.4, -0.2) is 13.0 Å². The molecule has 0 radical (unpaired) electrons. The van der Waals surface area contributed by atoms with Gasteiger partial charge in [-0.25, -0.2) is 0 Å². The molecule has 0 atom stereocenters. The molecular formula is C18H19NO3S. The molecule has 0 heterocycles. The fraction of sp³-hybridized carbons (Fsp3) is 0.222. The van der Waals surface area contributed by atoms with Crippen LogP contribution in [0, 0.1) is 0 Å². The summed E-state index contributed by atoms with van der Waals surface area (Å²) >= 11 is 0. The average Bonchev–Trinajstić information content (AvgIpc) is 2.52. The van der Waals surface area contributed by atoms with Crippen molar-refractivity contribution in [1.29, 1.82) is 0 Å². The number of benzene rings is 2. The van der Waals surface area contributed by atoms with Crippen LogP contribution in [0.2, 0.25) is 0 Å². The van der Waals surface area contributed by atoms with Crippen molar-refractivity contribution < 1.29 is 13.0 Å². The monoisotopic (exact) mass is 329 g/mol. The Morgan fingerprint density at radius 3 is 2.43 bits per heavy atom. The summed E-state index contributed by atoms with van der Waals surface area (Å²) in [4.78, 5) is -0.174. The van der Waals surface area contributed by atoms with Gasteiger partial charge in [0.05, 0.1) is 0 Å². The fourth-order valence-corrected chi connectivity index (χ4v) is 3.67. The Bertz CT molecular complexity index is 870. The summed E-state index contributed by atoms with van der Waals surface area (Å²) in [5, 5.41) is 0. The van der Waals surface area contributed by atoms with Gasteiger partial charge in [0.1, 0.15) is 4.90 Å². The van der Waals surface area contributed by atoms with E-state index < -0.39 is 10.1 Å². The van der Waals surface area contributed by atoms with E-state index >= 15 is 0 Å². The smallest absolute Gasteiger partial charge is 0.295 e. The summed E-state index contributed by atoms with van der Waals surface area (Å²) in [7, 11) is -4.31. The summed E-state index contributed by atoms with van der Waals surface area (Å²) in [5.74, 6) is 0. The van der Waals surface area contributed by atoms with Crippen LogP contribution in [0.5, 0.6) is 0 Å². The minimum absolute atomic E-state index is 0.174. The zero-order valence-corrected chi connectivity index (χ0v) is 13.5. The van der Waals surface area contributed by atoms with Gasteiger partial charge >= 0.3 is 0 Å². The summed E-state index contributed by atoms with van der Waals surface area (Å²) < 4.78 is 32.3. The normalized spacial score (nSPS) is 14.8. The van der Waals surface area contributed by atoms with Crippen molar-refractivity contribution in [1.82, 2.24) is 0 Å². The molecule has 4 nitrogen and oxygen atoms in total. The lowest BCUT2D eigenvalue weighted by Gasteiger charge is -2.15. The summed E-state index contributed by atoms with van der Waals surface area (Å²) in [6, 6.07) is 10.8. The summed E-state index contributed by atoms with van der Waals surface area (Å²) in [6.07, 6.45) is 8.22. The standard InChI is InChI=1S/C18H19NO3S/c19-17-10-9-15(18(12-17)23(20,21)22)8-6-13-5-7-14-3-1-2-4-16(14)11-13/h5-12H,1-4,19H2,(H,20,21,22). The minimum atomic E-state index is -4.31. The highest BCUT2D eigenvalue weighted by molar-refractivity contribution is 7.86. The summed E-state index contributed by atoms with van der Waals surface area (Å²) in [5.41, 5.74) is 10.1. The number of nitrogens with two attached hydrogens (primary N) is 1. The lowest BCUT2D eigenvalue weighted by molar-refractivity contribution is 0.483. The first-order chi connectivity index (χ1) is 10.9. The van der Waals surface area contributed by atoms with Gasteiger partial charge in [0.25, 0.3) is 10.1 Å². The lowest BCUT2D eigenvalue weighted by atomic mass is 9.90. The highest BCUT2D eigenvalue weighted by Gasteiger charge is 2.14. The quantitative estimate of drug-likeness (QED) is 0.512. The van der Waals surface area contributed by atoms with Crippen LogP contribution in [0.1, 0.15) is 35.1 Å². The van der Waals surface area contributed by atoms with Crippen LogP contribution in [0.15, 0.2) is 41.3 Å². The van der Waals surface area contributed by atoms with Gasteiger partial charge in [-0.15, -0.1) is 0 Å². The number of fused-ring (bicyclic) bond motifs is 1. The van der Waals surface area contributed by atoms with Crippen LogP contribution < -0.4 is 5.73 Å². The van der Waals surface area contributed by atoms with Crippen LogP contribution in [0.4, 0.5) is 5.69 Å². The van der Waals surface area contributed by atoms with Crippen LogP contribution in [-0.2, 0) is 23.0 Å². The predicted octanol–water partition coefficient (Wildman–Crippen LogP) is 3.56. The van der Waals surface area contributed by atoms with Gasteiger partial charge in [0.2, 0.25) is 0 Å². The second-order valence-electron chi connectivity index (χ2n) is 5.84. The van der Waals surface area contributed by atoms with E-state index in [9.17, 15) is 13.0 Å². The number of nitrogen functional groups attached to an aromatic ring is 1. The number of hydrogen-bond donors (Lipinski definition) is 2. The van der Waals surface area contributed by atoms with Gasteiger partial charge in [0.15, 0.2) is 0 Å². The molecule has 3 rings (SSSR count). The molecule has 0 spiro atoms. The van der Waals surface area contributed by atoms with E-state index in [1.165, 1.54) is 30.0 Å². The van der Waals surface area contributed by atoms with Gasteiger partial charge < -0.3 is 5.73 Å². The minimum Gasteiger partial charge on any atom is -0.399 e. The Hall–Kier alpha value is -2.11. The predicted molar refractivity (Wildman–Crippen MR) is 92.7 cm³/mol. The fourth-order valence-electron chi connectivity index (χ4n) is 2.96. The SMILES string of the molecule is Nc1ccc(C=Cc2ccc3c(c2)CCCC3)c(S(=O)(=O)O)c1. The van der Waals surface area contributed by atoms with E-state index in [1.807, 2.05) is 12.1 Å². The molecule has 0 unspecified atom stereocenters. The Kier molecular flexibility index (Phi) is 4.24. The third-order valence-electron chi connectivity index (χ3n) is 4.14. The Morgan fingerprint density at radius 1 is 0.957 bits per heavy atom. The molecule has 5 heteroatoms. The highest BCUT2D eigenvalue weighted by atomic mass is 32.2. The number of aryl methyl sites for hydroxylation is 2. The molecular weight excluding hydrogens is 310 g/mol. The summed E-state index contributed by atoms with van der Waals surface area (Å²) in [6.45, 7) is 0. The molecule has 0 aromatic heterocycles. The van der Waals surface area contributed by atoms with Crippen LogP contribution in [0.3, 0.4) is 0 Å². The molecule has 0 aliphatic heterocycles. The van der Waals surface area contributed by atoms with E-state index in [-0.39, 0.29) is 4.90 Å². The van der Waals surface area contributed by atoms with E-state index in [1.54, 1.807) is 18.2 Å². The largest absolute Gasteiger partial charge is 0.399 e. The molecule has 0 fully saturated rings. The zero-order chi connectivity index (χ0) is 16.4. The van der Waals surface area contributed by atoms with Crippen molar-refractivity contribution in [2.75, 3.05) is 5.73 Å². The van der Waals surface area contributed by atoms with E-state index in [4.69, 9.17) is 5.73 Å². The molecule has 1 aliphatic rings. The Balaban J connectivity index is 1.95. The molecule has 1 aliphatic carbocycles. The van der Waals surface area contributed by atoms with Crippen molar-refractivity contribution in [3.63, 3.8) is 0 Å². The number of anilines is 1. The maximum absolute atomic E-state index is 11.5. The van der Waals surface area contributed by atoms with Crippen molar-refractivity contribution in [3.8, 4) is 0 Å². The van der Waals surface area contributed by atoms with Gasteiger partial charge in [-0.3, -0.25) is 4.55 Å². The molecule has 0 saturated carbocycles. The van der Waals surface area contributed by atoms with Crippen molar-refractivity contribution in [3.05, 3.63) is 58.7 Å².